The first kappa shape index (κ1) is 12.8. The van der Waals surface area contributed by atoms with Gasteiger partial charge in [0.25, 0.3) is 5.91 Å². The van der Waals surface area contributed by atoms with E-state index in [9.17, 15) is 9.18 Å². The first-order valence-corrected chi connectivity index (χ1v) is 6.03. The molecule has 0 aromatic heterocycles. The van der Waals surface area contributed by atoms with Gasteiger partial charge in [0.05, 0.1) is 7.11 Å². The fourth-order valence-electron chi connectivity index (χ4n) is 2.03. The molecule has 0 spiro atoms. The van der Waals surface area contributed by atoms with E-state index in [2.05, 4.69) is 10.6 Å². The molecule has 2 rings (SSSR count). The quantitative estimate of drug-likeness (QED) is 0.846. The van der Waals surface area contributed by atoms with Crippen molar-refractivity contribution in [2.24, 2.45) is 5.92 Å². The second-order valence-corrected chi connectivity index (χ2v) is 4.42. The van der Waals surface area contributed by atoms with Crippen molar-refractivity contribution in [1.29, 1.82) is 0 Å². The van der Waals surface area contributed by atoms with Gasteiger partial charge < -0.3 is 15.4 Å². The number of methoxy groups -OCH3 is 1. The summed E-state index contributed by atoms with van der Waals surface area (Å²) in [5.74, 6) is -0.0873. The Morgan fingerprint density at radius 1 is 1.61 bits per heavy atom. The van der Waals surface area contributed by atoms with Gasteiger partial charge in [-0.05, 0) is 43.6 Å². The molecule has 1 saturated heterocycles. The Hall–Kier alpha value is -1.62. The van der Waals surface area contributed by atoms with Crippen molar-refractivity contribution in [1.82, 2.24) is 10.6 Å². The van der Waals surface area contributed by atoms with Gasteiger partial charge in [0, 0.05) is 12.1 Å². The van der Waals surface area contributed by atoms with Gasteiger partial charge >= 0.3 is 0 Å². The Kier molecular flexibility index (Phi) is 4.15. The molecule has 2 N–H and O–H groups in total. The number of halogens is 1. The molecule has 1 aliphatic rings. The maximum Gasteiger partial charge on any atom is 0.251 e. The van der Waals surface area contributed by atoms with E-state index in [1.165, 1.54) is 25.3 Å². The van der Waals surface area contributed by atoms with Crippen molar-refractivity contribution in [2.45, 2.75) is 6.42 Å². The van der Waals surface area contributed by atoms with Gasteiger partial charge in [-0.1, -0.05) is 0 Å². The number of carbonyl (C=O) groups excluding carboxylic acids is 1. The molecule has 1 aromatic rings. The minimum Gasteiger partial charge on any atom is -0.494 e. The fourth-order valence-corrected chi connectivity index (χ4v) is 2.03. The first-order valence-electron chi connectivity index (χ1n) is 6.03. The van der Waals surface area contributed by atoms with E-state index in [0.717, 1.165) is 19.5 Å². The summed E-state index contributed by atoms with van der Waals surface area (Å²) in [4.78, 5) is 11.9. The number of carbonyl (C=O) groups is 1. The number of amides is 1. The topological polar surface area (TPSA) is 50.4 Å². The van der Waals surface area contributed by atoms with Crippen LogP contribution in [0.15, 0.2) is 18.2 Å². The highest BCUT2D eigenvalue weighted by Gasteiger charge is 2.16. The van der Waals surface area contributed by atoms with Gasteiger partial charge in [-0.15, -0.1) is 0 Å². The van der Waals surface area contributed by atoms with E-state index in [1.54, 1.807) is 0 Å². The fraction of sp³-hybridized carbons (Fsp3) is 0.462. The van der Waals surface area contributed by atoms with Crippen LogP contribution in [-0.2, 0) is 0 Å². The molecule has 1 aliphatic heterocycles. The van der Waals surface area contributed by atoms with E-state index in [0.29, 0.717) is 18.0 Å². The predicted octanol–water partition coefficient (Wildman–Crippen LogP) is 1.17. The maximum absolute atomic E-state index is 13.2. The molecule has 0 bridgehead atoms. The lowest BCUT2D eigenvalue weighted by atomic mass is 10.1. The molecule has 1 unspecified atom stereocenters. The average molecular weight is 252 g/mol. The van der Waals surface area contributed by atoms with E-state index in [4.69, 9.17) is 4.74 Å². The molecule has 1 fully saturated rings. The van der Waals surface area contributed by atoms with E-state index < -0.39 is 5.82 Å². The zero-order chi connectivity index (χ0) is 13.0. The molecule has 1 aromatic carbocycles. The van der Waals surface area contributed by atoms with Crippen LogP contribution in [0.1, 0.15) is 16.8 Å². The Balaban J connectivity index is 1.95. The molecule has 1 amide bonds. The summed E-state index contributed by atoms with van der Waals surface area (Å²) < 4.78 is 18.0. The predicted molar refractivity (Wildman–Crippen MR) is 66.3 cm³/mol. The Bertz CT molecular complexity index is 431. The number of ether oxygens (including phenoxy) is 1. The minimum atomic E-state index is -0.464. The average Bonchev–Trinajstić information content (AvgIpc) is 2.89. The zero-order valence-corrected chi connectivity index (χ0v) is 10.3. The molecule has 4 nitrogen and oxygen atoms in total. The monoisotopic (exact) mass is 252 g/mol. The minimum absolute atomic E-state index is 0.0881. The Labute approximate surface area is 106 Å². The van der Waals surface area contributed by atoms with E-state index in [1.807, 2.05) is 0 Å². The van der Waals surface area contributed by atoms with Gasteiger partial charge in [-0.2, -0.15) is 0 Å². The highest BCUT2D eigenvalue weighted by Crippen LogP contribution is 2.18. The summed E-state index contributed by atoms with van der Waals surface area (Å²) in [6, 6.07) is 4.11. The summed E-state index contributed by atoms with van der Waals surface area (Å²) in [6.45, 7) is 2.59. The number of hydrogen-bond donors (Lipinski definition) is 2. The van der Waals surface area contributed by atoms with Crippen molar-refractivity contribution < 1.29 is 13.9 Å². The molecule has 18 heavy (non-hydrogen) atoms. The summed E-state index contributed by atoms with van der Waals surface area (Å²) in [5, 5.41) is 6.10. The summed E-state index contributed by atoms with van der Waals surface area (Å²) in [7, 11) is 1.38. The summed E-state index contributed by atoms with van der Waals surface area (Å²) in [5.41, 5.74) is 0.416. The maximum atomic E-state index is 13.2. The van der Waals surface area contributed by atoms with Crippen LogP contribution >= 0.6 is 0 Å². The van der Waals surface area contributed by atoms with E-state index >= 15 is 0 Å². The van der Waals surface area contributed by atoms with Crippen molar-refractivity contribution in [3.63, 3.8) is 0 Å². The van der Waals surface area contributed by atoms with Crippen LogP contribution in [0.3, 0.4) is 0 Å². The standard InChI is InChI=1S/C13H17FN2O2/c1-18-12-6-10(2-3-11(12)14)13(17)16-8-9-4-5-15-7-9/h2-3,6,9,15H,4-5,7-8H2,1H3,(H,16,17). The lowest BCUT2D eigenvalue weighted by molar-refractivity contribution is 0.0948. The number of benzene rings is 1. The molecule has 1 atom stereocenters. The highest BCUT2D eigenvalue weighted by atomic mass is 19.1. The van der Waals surface area contributed by atoms with Crippen LogP contribution in [0.5, 0.6) is 5.75 Å². The molecule has 0 aliphatic carbocycles. The molecular formula is C13H17FN2O2. The largest absolute Gasteiger partial charge is 0.494 e. The zero-order valence-electron chi connectivity index (χ0n) is 10.3. The molecule has 0 saturated carbocycles. The summed E-state index contributed by atoms with van der Waals surface area (Å²) in [6.07, 6.45) is 1.08. The van der Waals surface area contributed by atoms with Crippen LogP contribution in [0.2, 0.25) is 0 Å². The van der Waals surface area contributed by atoms with Gasteiger partial charge in [-0.3, -0.25) is 4.79 Å². The normalized spacial score (nSPS) is 18.7. The number of nitrogens with one attached hydrogen (secondary N) is 2. The van der Waals surface area contributed by atoms with Gasteiger partial charge in [0.1, 0.15) is 0 Å². The van der Waals surface area contributed by atoms with Crippen LogP contribution in [0.4, 0.5) is 4.39 Å². The molecular weight excluding hydrogens is 235 g/mol. The van der Waals surface area contributed by atoms with Crippen LogP contribution in [-0.4, -0.2) is 32.7 Å². The smallest absolute Gasteiger partial charge is 0.251 e. The van der Waals surface area contributed by atoms with Crippen LogP contribution in [0.25, 0.3) is 0 Å². The second kappa shape index (κ2) is 5.82. The SMILES string of the molecule is COc1cc(C(=O)NCC2CCNC2)ccc1F. The molecule has 0 radical (unpaired) electrons. The number of hydrogen-bond acceptors (Lipinski definition) is 3. The second-order valence-electron chi connectivity index (χ2n) is 4.42. The Morgan fingerprint density at radius 3 is 3.11 bits per heavy atom. The van der Waals surface area contributed by atoms with Crippen molar-refractivity contribution in [3.8, 4) is 5.75 Å². The molecule has 98 valence electrons. The van der Waals surface area contributed by atoms with Crippen molar-refractivity contribution in [2.75, 3.05) is 26.7 Å². The number of rotatable bonds is 4. The van der Waals surface area contributed by atoms with Gasteiger partial charge in [0.2, 0.25) is 0 Å². The third-order valence-corrected chi connectivity index (χ3v) is 3.13. The highest BCUT2D eigenvalue weighted by molar-refractivity contribution is 5.94. The first-order chi connectivity index (χ1) is 8.70. The van der Waals surface area contributed by atoms with Gasteiger partial charge in [0.15, 0.2) is 11.6 Å². The Morgan fingerprint density at radius 2 is 2.44 bits per heavy atom. The summed E-state index contributed by atoms with van der Waals surface area (Å²) >= 11 is 0. The lowest BCUT2D eigenvalue weighted by Crippen LogP contribution is -2.30. The van der Waals surface area contributed by atoms with Crippen LogP contribution in [0, 0.1) is 11.7 Å². The van der Waals surface area contributed by atoms with E-state index in [-0.39, 0.29) is 11.7 Å². The van der Waals surface area contributed by atoms with Crippen molar-refractivity contribution in [3.05, 3.63) is 29.6 Å². The molecule has 5 heteroatoms. The van der Waals surface area contributed by atoms with Crippen molar-refractivity contribution >= 4 is 5.91 Å². The van der Waals surface area contributed by atoms with Crippen LogP contribution < -0.4 is 15.4 Å². The van der Waals surface area contributed by atoms with Gasteiger partial charge in [-0.25, -0.2) is 4.39 Å². The third kappa shape index (κ3) is 2.98. The molecule has 1 heterocycles. The lowest BCUT2D eigenvalue weighted by Gasteiger charge is -2.10. The third-order valence-electron chi connectivity index (χ3n) is 3.13.